The maximum Gasteiger partial charge on any atom is 0.243 e. The first kappa shape index (κ1) is 26.1. The van der Waals surface area contributed by atoms with Gasteiger partial charge in [0, 0.05) is 25.2 Å². The number of aromatic hydroxyl groups is 1. The first-order valence-electron chi connectivity index (χ1n) is 9.66. The maximum atomic E-state index is 14.4. The lowest BCUT2D eigenvalue weighted by molar-refractivity contribution is -0.120. The van der Waals surface area contributed by atoms with E-state index in [4.69, 9.17) is 28.3 Å². The largest absolute Gasteiger partial charge is 0.506 e. The van der Waals surface area contributed by atoms with Crippen molar-refractivity contribution >= 4 is 50.5 Å². The number of nitrogens with zero attached hydrogens (tertiary/aromatic N) is 1. The van der Waals surface area contributed by atoms with Crippen LogP contribution in [0.1, 0.15) is 12.8 Å². The lowest BCUT2D eigenvalue weighted by Gasteiger charge is -2.35. The number of primary sulfonamides is 1. The maximum absolute atomic E-state index is 14.4. The highest BCUT2D eigenvalue weighted by Crippen LogP contribution is 2.36. The summed E-state index contributed by atoms with van der Waals surface area (Å²) >= 11 is 11.6. The average molecular weight is 545 g/mol. The van der Waals surface area contributed by atoms with Crippen molar-refractivity contribution in [1.29, 1.82) is 0 Å². The van der Waals surface area contributed by atoms with Crippen LogP contribution in [0.4, 0.5) is 28.9 Å². The number of amides is 1. The topological polar surface area (TPSA) is 125 Å². The van der Waals surface area contributed by atoms with E-state index in [-0.39, 0.29) is 54.0 Å². The van der Waals surface area contributed by atoms with Gasteiger partial charge in [0.25, 0.3) is 0 Å². The molecule has 0 atom stereocenters. The Hall–Kier alpha value is -2.48. The Labute approximate surface area is 201 Å². The number of nitrogens with one attached hydrogen (secondary N) is 2. The summed E-state index contributed by atoms with van der Waals surface area (Å²) < 4.78 is 79.4. The zero-order valence-electron chi connectivity index (χ0n) is 17.1. The van der Waals surface area contributed by atoms with E-state index in [9.17, 15) is 35.9 Å². The number of hydrogen-bond acceptors (Lipinski definition) is 6. The molecule has 8 nitrogen and oxygen atoms in total. The molecule has 2 aromatic rings. The van der Waals surface area contributed by atoms with E-state index in [1.807, 2.05) is 0 Å². The third kappa shape index (κ3) is 5.43. The summed E-state index contributed by atoms with van der Waals surface area (Å²) in [4.78, 5) is 11.8. The average Bonchev–Trinajstić information content (AvgIpc) is 2.76. The monoisotopic (exact) mass is 544 g/mol. The smallest absolute Gasteiger partial charge is 0.243 e. The summed E-state index contributed by atoms with van der Waals surface area (Å²) in [6, 6.07) is 2.10. The van der Waals surface area contributed by atoms with Crippen molar-refractivity contribution in [3.63, 3.8) is 0 Å². The van der Waals surface area contributed by atoms with Crippen LogP contribution in [0.3, 0.4) is 0 Å². The van der Waals surface area contributed by atoms with Crippen LogP contribution in [0, 0.1) is 23.3 Å². The molecule has 0 unspecified atom stereocenters. The zero-order valence-corrected chi connectivity index (χ0v) is 19.5. The SMILES string of the molecule is NS(=O)(=O)c1c(F)c(F)c(F)c(F)c1N1CCC(NC(=O)CNc2cc(Cl)c(Cl)cc2O)CC1. The number of sulfonamides is 1. The third-order valence-electron chi connectivity index (χ3n) is 5.14. The number of anilines is 2. The summed E-state index contributed by atoms with van der Waals surface area (Å²) in [7, 11) is -4.93. The number of hydrogen-bond donors (Lipinski definition) is 4. The van der Waals surface area contributed by atoms with Crippen LogP contribution < -0.4 is 20.7 Å². The Balaban J connectivity index is 1.66. The number of phenolic OH excluding ortho intramolecular Hbond substituents is 1. The van der Waals surface area contributed by atoms with Crippen molar-refractivity contribution in [1.82, 2.24) is 5.32 Å². The fourth-order valence-electron chi connectivity index (χ4n) is 3.52. The first-order valence-corrected chi connectivity index (χ1v) is 12.0. The molecule has 0 aromatic heterocycles. The van der Waals surface area contributed by atoms with Crippen LogP contribution in [-0.4, -0.2) is 45.1 Å². The fraction of sp³-hybridized carbons (Fsp3) is 0.316. The van der Waals surface area contributed by atoms with Gasteiger partial charge >= 0.3 is 0 Å². The second kappa shape index (κ2) is 10.0. The van der Waals surface area contributed by atoms with Crippen molar-refractivity contribution < 1.29 is 35.9 Å². The number of carbonyl (C=O) groups is 1. The molecule has 0 bridgehead atoms. The number of benzene rings is 2. The van der Waals surface area contributed by atoms with E-state index in [2.05, 4.69) is 10.6 Å². The number of halogens is 6. The summed E-state index contributed by atoms with van der Waals surface area (Å²) in [5.41, 5.74) is -0.828. The number of rotatable bonds is 6. The van der Waals surface area contributed by atoms with Gasteiger partial charge in [-0.25, -0.2) is 31.1 Å². The Morgan fingerprint density at radius 1 is 1.06 bits per heavy atom. The lowest BCUT2D eigenvalue weighted by atomic mass is 10.0. The molecule has 15 heteroatoms. The van der Waals surface area contributed by atoms with E-state index in [0.717, 1.165) is 4.90 Å². The number of piperidine rings is 1. The van der Waals surface area contributed by atoms with Gasteiger partial charge in [-0.15, -0.1) is 0 Å². The van der Waals surface area contributed by atoms with Crippen molar-refractivity contribution in [2.45, 2.75) is 23.8 Å². The molecule has 1 aliphatic rings. The van der Waals surface area contributed by atoms with Gasteiger partial charge in [0.05, 0.1) is 28.0 Å². The van der Waals surface area contributed by atoms with Gasteiger partial charge in [-0.3, -0.25) is 4.79 Å². The third-order valence-corrected chi connectivity index (χ3v) is 6.80. The highest BCUT2D eigenvalue weighted by Gasteiger charge is 2.35. The second-order valence-electron chi connectivity index (χ2n) is 7.44. The molecular weight excluding hydrogens is 527 g/mol. The molecular formula is C19H18Cl2F4N4O4S. The molecule has 0 radical (unpaired) electrons. The van der Waals surface area contributed by atoms with E-state index >= 15 is 0 Å². The van der Waals surface area contributed by atoms with E-state index in [1.165, 1.54) is 12.1 Å². The predicted octanol–water partition coefficient (Wildman–Crippen LogP) is 3.10. The predicted molar refractivity (Wildman–Crippen MR) is 118 cm³/mol. The van der Waals surface area contributed by atoms with E-state index in [1.54, 1.807) is 0 Å². The van der Waals surface area contributed by atoms with Gasteiger partial charge < -0.3 is 20.6 Å². The molecule has 34 heavy (non-hydrogen) atoms. The molecule has 186 valence electrons. The minimum absolute atomic E-state index is 0.115. The van der Waals surface area contributed by atoms with Crippen LogP contribution in [-0.2, 0) is 14.8 Å². The van der Waals surface area contributed by atoms with Crippen LogP contribution in [0.5, 0.6) is 5.75 Å². The van der Waals surface area contributed by atoms with Crippen LogP contribution in [0.15, 0.2) is 17.0 Å². The normalized spacial score (nSPS) is 14.9. The molecule has 1 heterocycles. The molecule has 1 fully saturated rings. The highest BCUT2D eigenvalue weighted by atomic mass is 35.5. The van der Waals surface area contributed by atoms with Gasteiger partial charge in [-0.2, -0.15) is 0 Å². The van der Waals surface area contributed by atoms with E-state index in [0.29, 0.717) is 0 Å². The summed E-state index contributed by atoms with van der Waals surface area (Å²) in [5, 5.41) is 20.4. The Morgan fingerprint density at radius 3 is 2.21 bits per heavy atom. The van der Waals surface area contributed by atoms with Crippen molar-refractivity contribution in [3.05, 3.63) is 45.4 Å². The molecule has 1 aliphatic heterocycles. The highest BCUT2D eigenvalue weighted by molar-refractivity contribution is 7.89. The summed E-state index contributed by atoms with van der Waals surface area (Å²) in [6.45, 7) is -0.476. The number of carbonyl (C=O) groups excluding carboxylic acids is 1. The minimum Gasteiger partial charge on any atom is -0.506 e. The molecule has 0 saturated carbocycles. The lowest BCUT2D eigenvalue weighted by Crippen LogP contribution is -2.46. The van der Waals surface area contributed by atoms with Crippen LogP contribution in [0.2, 0.25) is 10.0 Å². The summed E-state index contributed by atoms with van der Waals surface area (Å²) in [6.07, 6.45) is 0.293. The molecule has 1 saturated heterocycles. The Morgan fingerprint density at radius 2 is 1.62 bits per heavy atom. The number of phenols is 1. The molecule has 5 N–H and O–H groups in total. The molecule has 0 aliphatic carbocycles. The Bertz CT molecular complexity index is 1240. The van der Waals surface area contributed by atoms with Gasteiger partial charge in [0.15, 0.2) is 23.3 Å². The molecule has 0 spiro atoms. The quantitative estimate of drug-likeness (QED) is 0.192. The fourth-order valence-corrected chi connectivity index (χ4v) is 4.67. The van der Waals surface area contributed by atoms with Crippen molar-refractivity contribution in [2.24, 2.45) is 5.14 Å². The van der Waals surface area contributed by atoms with Gasteiger partial charge in [0.1, 0.15) is 10.6 Å². The Kier molecular flexibility index (Phi) is 7.70. The van der Waals surface area contributed by atoms with Crippen molar-refractivity contribution in [2.75, 3.05) is 29.9 Å². The zero-order chi connectivity index (χ0) is 25.4. The standard InChI is InChI=1S/C19H18Cl2F4N4O4S/c20-9-5-11(12(30)6-10(9)21)27-7-13(31)28-8-1-3-29(4-2-8)18-16(24)14(22)15(23)17(25)19(18)34(26,32)33/h5-6,8,27,30H,1-4,7H2,(H,28,31)(H2,26,32,33). The van der Waals surface area contributed by atoms with Gasteiger partial charge in [-0.05, 0) is 18.9 Å². The summed E-state index contributed by atoms with van der Waals surface area (Å²) in [5.74, 6) is -9.12. The molecule has 3 rings (SSSR count). The van der Waals surface area contributed by atoms with Crippen molar-refractivity contribution in [3.8, 4) is 5.75 Å². The van der Waals surface area contributed by atoms with Gasteiger partial charge in [0.2, 0.25) is 15.9 Å². The molecule has 2 aromatic carbocycles. The minimum atomic E-state index is -4.93. The van der Waals surface area contributed by atoms with Crippen LogP contribution in [0.25, 0.3) is 0 Å². The second-order valence-corrected chi connectivity index (χ2v) is 9.76. The van der Waals surface area contributed by atoms with Crippen LogP contribution >= 0.6 is 23.2 Å². The number of nitrogens with two attached hydrogens (primary N) is 1. The first-order chi connectivity index (χ1) is 15.8. The van der Waals surface area contributed by atoms with Gasteiger partial charge in [-0.1, -0.05) is 23.2 Å². The molecule has 1 amide bonds. The van der Waals surface area contributed by atoms with E-state index < -0.39 is 55.8 Å².